The van der Waals surface area contributed by atoms with Crippen LogP contribution in [-0.4, -0.2) is 35.1 Å². The van der Waals surface area contributed by atoms with Gasteiger partial charge in [0.05, 0.1) is 11.0 Å². The molecule has 0 aliphatic carbocycles. The Labute approximate surface area is 129 Å². The highest BCUT2D eigenvalue weighted by molar-refractivity contribution is 7.83. The molecule has 0 saturated carbocycles. The predicted molar refractivity (Wildman–Crippen MR) is 88.8 cm³/mol. The maximum Gasteiger partial charge on any atom is 0.0917 e. The number of nitrogens with one attached hydrogen (secondary N) is 1. The Bertz CT molecular complexity index is 542. The van der Waals surface area contributed by atoms with Crippen LogP contribution in [0.2, 0.25) is 0 Å². The normalized spacial score (nSPS) is 26.6. The molecule has 2 aliphatic heterocycles. The summed E-state index contributed by atoms with van der Waals surface area (Å²) in [7, 11) is 0.967. The first kappa shape index (κ1) is 15.0. The Morgan fingerprint density at radius 3 is 2.76 bits per heavy atom. The number of nitrogens with two attached hydrogens (primary N) is 1. The van der Waals surface area contributed by atoms with Crippen molar-refractivity contribution in [3.63, 3.8) is 0 Å². The maximum absolute atomic E-state index is 11.7. The summed E-state index contributed by atoms with van der Waals surface area (Å²) in [6.45, 7) is 4.11. The lowest BCUT2D eigenvalue weighted by Crippen LogP contribution is -2.54. The van der Waals surface area contributed by atoms with Gasteiger partial charge in [0.15, 0.2) is 0 Å². The number of anilines is 1. The Morgan fingerprint density at radius 2 is 2.10 bits per heavy atom. The van der Waals surface area contributed by atoms with Crippen molar-refractivity contribution in [3.8, 4) is 0 Å². The second-order valence-corrected chi connectivity index (χ2v) is 7.86. The van der Waals surface area contributed by atoms with Crippen molar-refractivity contribution in [3.05, 3.63) is 29.8 Å². The number of hydrogen-bond acceptors (Lipinski definition) is 3. The van der Waals surface area contributed by atoms with E-state index in [2.05, 4.69) is 41.5 Å². The molecular formula is C16H25N3OS. The van der Waals surface area contributed by atoms with E-state index in [9.17, 15) is 4.21 Å². The molecule has 0 aromatic heterocycles. The Morgan fingerprint density at radius 1 is 1.43 bits per heavy atom. The molecule has 1 spiro atoms. The number of piperidine rings is 1. The lowest BCUT2D eigenvalue weighted by atomic mass is 9.73. The molecule has 1 aromatic carbocycles. The van der Waals surface area contributed by atoms with Gasteiger partial charge in [-0.2, -0.15) is 0 Å². The first-order chi connectivity index (χ1) is 10.1. The lowest BCUT2D eigenvalue weighted by Gasteiger charge is -2.45. The molecule has 116 valence electrons. The first-order valence-corrected chi connectivity index (χ1v) is 9.02. The van der Waals surface area contributed by atoms with Crippen LogP contribution < -0.4 is 15.4 Å². The van der Waals surface area contributed by atoms with Crippen LogP contribution in [0.25, 0.3) is 0 Å². The van der Waals surface area contributed by atoms with Crippen LogP contribution in [0.4, 0.5) is 5.69 Å². The maximum atomic E-state index is 11.7. The summed E-state index contributed by atoms with van der Waals surface area (Å²) in [6, 6.07) is 8.67. The largest absolute Gasteiger partial charge is 0.368 e. The second kappa shape index (κ2) is 5.71. The van der Waals surface area contributed by atoms with Gasteiger partial charge >= 0.3 is 0 Å². The fraction of sp³-hybridized carbons (Fsp3) is 0.625. The molecule has 2 unspecified atom stereocenters. The van der Waals surface area contributed by atoms with Crippen LogP contribution in [0.1, 0.15) is 37.7 Å². The van der Waals surface area contributed by atoms with Gasteiger partial charge in [-0.3, -0.25) is 5.14 Å². The van der Waals surface area contributed by atoms with Crippen LogP contribution in [-0.2, 0) is 11.0 Å². The third-order valence-electron chi connectivity index (χ3n) is 5.42. The molecule has 0 bridgehead atoms. The summed E-state index contributed by atoms with van der Waals surface area (Å²) in [6.07, 6.45) is 3.16. The van der Waals surface area contributed by atoms with Crippen LogP contribution in [0.3, 0.4) is 0 Å². The van der Waals surface area contributed by atoms with Gasteiger partial charge in [-0.05, 0) is 50.9 Å². The molecule has 3 atom stereocenters. The van der Waals surface area contributed by atoms with Crippen LogP contribution in [0, 0.1) is 0 Å². The van der Waals surface area contributed by atoms with Crippen LogP contribution >= 0.6 is 0 Å². The molecule has 3 rings (SSSR count). The van der Waals surface area contributed by atoms with Gasteiger partial charge in [0, 0.05) is 29.4 Å². The van der Waals surface area contributed by atoms with E-state index in [1.54, 1.807) is 0 Å². The summed E-state index contributed by atoms with van der Waals surface area (Å²) in [5.41, 5.74) is 2.89. The minimum Gasteiger partial charge on any atom is -0.368 e. The van der Waals surface area contributed by atoms with Crippen molar-refractivity contribution >= 4 is 16.7 Å². The van der Waals surface area contributed by atoms with Gasteiger partial charge in [0.2, 0.25) is 0 Å². The average Bonchev–Trinajstić information content (AvgIpc) is 2.71. The Hall–Kier alpha value is -0.910. The van der Waals surface area contributed by atoms with Crippen LogP contribution in [0.5, 0.6) is 0 Å². The SMILES string of the molecule is CC(C[C@@H]1c2ccccc2N(C)C12CCNCC2)S(N)=O. The molecule has 0 amide bonds. The molecule has 1 saturated heterocycles. The summed E-state index contributed by atoms with van der Waals surface area (Å²) in [5.74, 6) is 0.420. The van der Waals surface area contributed by atoms with Crippen molar-refractivity contribution in [1.29, 1.82) is 0 Å². The number of fused-ring (bicyclic) bond motifs is 1. The van der Waals surface area contributed by atoms with Gasteiger partial charge in [-0.15, -0.1) is 0 Å². The average molecular weight is 307 g/mol. The summed E-state index contributed by atoms with van der Waals surface area (Å²) in [4.78, 5) is 2.47. The van der Waals surface area contributed by atoms with Crippen molar-refractivity contribution in [2.75, 3.05) is 25.0 Å². The number of rotatable bonds is 3. The van der Waals surface area contributed by atoms with E-state index >= 15 is 0 Å². The standard InChI is InChI=1S/C16H25N3OS/c1-12(21(17)20)11-14-13-5-3-4-6-15(13)19(2)16(14)7-9-18-10-8-16/h3-6,12,14,18H,7-11,17H2,1-2H3/t12?,14-,21?/m1/s1. The van der Waals surface area contributed by atoms with E-state index < -0.39 is 11.0 Å². The molecule has 5 heteroatoms. The van der Waals surface area contributed by atoms with Gasteiger partial charge in [0.1, 0.15) is 0 Å². The molecular weight excluding hydrogens is 282 g/mol. The number of nitrogens with zero attached hydrogens (tertiary/aromatic N) is 1. The molecule has 2 aliphatic rings. The fourth-order valence-corrected chi connectivity index (χ4v) is 4.55. The number of benzene rings is 1. The molecule has 4 nitrogen and oxygen atoms in total. The monoisotopic (exact) mass is 307 g/mol. The third-order valence-corrected chi connectivity index (χ3v) is 6.41. The lowest BCUT2D eigenvalue weighted by molar-refractivity contribution is 0.256. The zero-order valence-electron chi connectivity index (χ0n) is 12.8. The molecule has 3 N–H and O–H groups in total. The van der Waals surface area contributed by atoms with E-state index in [1.807, 2.05) is 6.92 Å². The minimum atomic E-state index is -1.25. The minimum absolute atomic E-state index is 0.0290. The molecule has 0 radical (unpaired) electrons. The van der Waals surface area contributed by atoms with Gasteiger partial charge < -0.3 is 10.2 Å². The number of para-hydroxylation sites is 1. The number of likely N-dealkylation sites (N-methyl/N-ethyl adjacent to an activating group) is 1. The van der Waals surface area contributed by atoms with Crippen LogP contribution in [0.15, 0.2) is 24.3 Å². The highest BCUT2D eigenvalue weighted by atomic mass is 32.2. The molecule has 2 heterocycles. The quantitative estimate of drug-likeness (QED) is 0.894. The van der Waals surface area contributed by atoms with Crippen molar-refractivity contribution in [1.82, 2.24) is 5.32 Å². The zero-order valence-corrected chi connectivity index (χ0v) is 13.7. The van der Waals surface area contributed by atoms with Crippen molar-refractivity contribution in [2.24, 2.45) is 5.14 Å². The molecule has 1 fully saturated rings. The second-order valence-electron chi connectivity index (χ2n) is 6.40. The highest BCUT2D eigenvalue weighted by Gasteiger charge is 2.50. The van der Waals surface area contributed by atoms with E-state index in [0.717, 1.165) is 32.4 Å². The van der Waals surface area contributed by atoms with E-state index in [4.69, 9.17) is 5.14 Å². The summed E-state index contributed by atoms with van der Waals surface area (Å²) in [5, 5.41) is 9.13. The third kappa shape index (κ3) is 2.41. The smallest absolute Gasteiger partial charge is 0.0917 e. The van der Waals surface area contributed by atoms with Gasteiger partial charge in [0.25, 0.3) is 0 Å². The zero-order chi connectivity index (χ0) is 15.0. The van der Waals surface area contributed by atoms with Gasteiger partial charge in [-0.1, -0.05) is 18.2 Å². The topological polar surface area (TPSA) is 58.4 Å². The molecule has 1 aromatic rings. The summed E-state index contributed by atoms with van der Waals surface area (Å²) >= 11 is 0. The van der Waals surface area contributed by atoms with E-state index in [1.165, 1.54) is 11.3 Å². The highest BCUT2D eigenvalue weighted by Crippen LogP contribution is 2.52. The first-order valence-electron chi connectivity index (χ1n) is 7.75. The fourth-order valence-electron chi connectivity index (χ4n) is 4.17. The van der Waals surface area contributed by atoms with E-state index in [-0.39, 0.29) is 10.8 Å². The van der Waals surface area contributed by atoms with E-state index in [0.29, 0.717) is 5.92 Å². The summed E-state index contributed by atoms with van der Waals surface area (Å²) < 4.78 is 11.7. The molecule has 21 heavy (non-hydrogen) atoms. The van der Waals surface area contributed by atoms with Gasteiger partial charge in [-0.25, -0.2) is 4.21 Å². The Kier molecular flexibility index (Phi) is 4.08. The predicted octanol–water partition coefficient (Wildman–Crippen LogP) is 1.74. The van der Waals surface area contributed by atoms with Crippen molar-refractivity contribution < 1.29 is 4.21 Å². The Balaban J connectivity index is 2.00. The van der Waals surface area contributed by atoms with Crippen molar-refractivity contribution in [2.45, 2.75) is 42.9 Å². The number of hydrogen-bond donors (Lipinski definition) is 2.